The molecule has 142 valence electrons. The molecule has 0 heterocycles. The summed E-state index contributed by atoms with van der Waals surface area (Å²) >= 11 is 1.92. The maximum atomic E-state index is 11.0. The first kappa shape index (κ1) is 21.1. The number of hydrogen-bond acceptors (Lipinski definition) is 2. The van der Waals surface area contributed by atoms with Gasteiger partial charge in [-0.15, -0.1) is 11.8 Å². The molecule has 26 heavy (non-hydrogen) atoms. The van der Waals surface area contributed by atoms with Crippen LogP contribution < -0.4 is 5.19 Å². The Hall–Kier alpha value is -1.19. The van der Waals surface area contributed by atoms with Crippen LogP contribution in [0.1, 0.15) is 63.8 Å². The van der Waals surface area contributed by atoms with Crippen molar-refractivity contribution < 1.29 is 5.11 Å². The molecular weight excluding hydrogens is 352 g/mol. The Morgan fingerprint density at radius 2 is 1.58 bits per heavy atom. The third kappa shape index (κ3) is 4.75. The molecule has 0 unspecified atom stereocenters. The molecule has 0 bridgehead atoms. The minimum atomic E-state index is -0.333. The van der Waals surface area contributed by atoms with Gasteiger partial charge in [-0.1, -0.05) is 71.0 Å². The highest BCUT2D eigenvalue weighted by molar-refractivity contribution is 8.00. The van der Waals surface area contributed by atoms with Crippen molar-refractivity contribution >= 4 is 26.5 Å². The molecule has 0 saturated carbocycles. The molecule has 1 N–H and O–H groups in total. The highest BCUT2D eigenvalue weighted by Gasteiger charge is 2.28. The van der Waals surface area contributed by atoms with Crippen LogP contribution in [0, 0.1) is 13.8 Å². The highest BCUT2D eigenvalue weighted by atomic mass is 32.2. The van der Waals surface area contributed by atoms with E-state index in [2.05, 4.69) is 85.7 Å². The third-order valence-corrected chi connectivity index (χ3v) is 8.63. The lowest BCUT2D eigenvalue weighted by molar-refractivity contribution is 0.419. The molecule has 0 radical (unpaired) electrons. The van der Waals surface area contributed by atoms with Crippen molar-refractivity contribution in [1.82, 2.24) is 0 Å². The predicted octanol–water partition coefficient (Wildman–Crippen LogP) is 5.15. The Kier molecular flexibility index (Phi) is 6.35. The average Bonchev–Trinajstić information content (AvgIpc) is 2.49. The number of thioether (sulfide) groups is 1. The van der Waals surface area contributed by atoms with Crippen LogP contribution in [-0.4, -0.2) is 20.0 Å². The van der Waals surface area contributed by atoms with Gasteiger partial charge in [0.1, 0.15) is 5.75 Å². The van der Waals surface area contributed by atoms with Gasteiger partial charge in [0.05, 0.1) is 9.52 Å². The van der Waals surface area contributed by atoms with Gasteiger partial charge in [-0.2, -0.15) is 0 Å². The molecule has 2 rings (SSSR count). The normalized spacial score (nSPS) is 12.9. The average molecular weight is 387 g/mol. The van der Waals surface area contributed by atoms with Crippen molar-refractivity contribution in [3.05, 3.63) is 52.6 Å². The fourth-order valence-electron chi connectivity index (χ4n) is 3.38. The number of phenolic OH excluding ortho intramolecular Hbond substituents is 1. The van der Waals surface area contributed by atoms with Gasteiger partial charge in [-0.25, -0.2) is 0 Å². The zero-order chi connectivity index (χ0) is 19.7. The van der Waals surface area contributed by atoms with Crippen LogP contribution in [-0.2, 0) is 10.8 Å². The lowest BCUT2D eigenvalue weighted by atomic mass is 9.79. The number of rotatable bonds is 4. The molecule has 3 heteroatoms. The summed E-state index contributed by atoms with van der Waals surface area (Å²) in [5.41, 5.74) is 4.86. The van der Waals surface area contributed by atoms with Gasteiger partial charge >= 0.3 is 0 Å². The van der Waals surface area contributed by atoms with E-state index in [0.29, 0.717) is 5.75 Å². The number of hydrogen-bond donors (Lipinski definition) is 1. The molecule has 1 nitrogen and oxygen atoms in total. The predicted molar refractivity (Wildman–Crippen MR) is 120 cm³/mol. The molecule has 2 aromatic rings. The number of phenols is 1. The van der Waals surface area contributed by atoms with Crippen molar-refractivity contribution in [1.29, 1.82) is 0 Å². The van der Waals surface area contributed by atoms with Crippen molar-refractivity contribution in [2.75, 3.05) is 5.38 Å². The molecule has 0 aliphatic heterocycles. The quantitative estimate of drug-likeness (QED) is 0.579. The first-order valence-corrected chi connectivity index (χ1v) is 12.2. The molecule has 0 atom stereocenters. The molecule has 0 aliphatic carbocycles. The van der Waals surface area contributed by atoms with Crippen molar-refractivity contribution in [2.45, 2.75) is 71.1 Å². The smallest absolute Gasteiger partial charge is 0.124 e. The first-order chi connectivity index (χ1) is 11.9. The third-order valence-electron chi connectivity index (χ3n) is 5.04. The van der Waals surface area contributed by atoms with Crippen LogP contribution in [0.3, 0.4) is 0 Å². The minimum absolute atomic E-state index is 0.0549. The minimum Gasteiger partial charge on any atom is -0.507 e. The van der Waals surface area contributed by atoms with E-state index >= 15 is 0 Å². The number of benzene rings is 2. The summed E-state index contributed by atoms with van der Waals surface area (Å²) in [7, 11) is -0.333. The van der Waals surface area contributed by atoms with E-state index < -0.39 is 0 Å². The van der Waals surface area contributed by atoms with E-state index in [1.54, 1.807) is 5.19 Å². The van der Waals surface area contributed by atoms with Crippen molar-refractivity contribution in [3.63, 3.8) is 0 Å². The van der Waals surface area contributed by atoms with Crippen LogP contribution in [0.25, 0.3) is 0 Å². The Morgan fingerprint density at radius 3 is 2.15 bits per heavy atom. The first-order valence-electron chi connectivity index (χ1n) is 9.47. The van der Waals surface area contributed by atoms with Crippen LogP contribution >= 0.6 is 11.8 Å². The van der Waals surface area contributed by atoms with Gasteiger partial charge in [-0.3, -0.25) is 0 Å². The second-order valence-corrected chi connectivity index (χ2v) is 12.9. The van der Waals surface area contributed by atoms with Gasteiger partial charge in [0.25, 0.3) is 0 Å². The van der Waals surface area contributed by atoms with Gasteiger partial charge in [0.15, 0.2) is 0 Å². The zero-order valence-electron chi connectivity index (χ0n) is 17.7. The van der Waals surface area contributed by atoms with E-state index in [4.69, 9.17) is 0 Å². The Morgan fingerprint density at radius 1 is 0.923 bits per heavy atom. The summed E-state index contributed by atoms with van der Waals surface area (Å²) in [6, 6.07) is 11.0. The maximum Gasteiger partial charge on any atom is 0.124 e. The highest BCUT2D eigenvalue weighted by Crippen LogP contribution is 2.43. The zero-order valence-corrected chi connectivity index (χ0v) is 19.9. The monoisotopic (exact) mass is 386 g/mol. The molecule has 0 fully saturated rings. The van der Waals surface area contributed by atoms with Crippen LogP contribution in [0.15, 0.2) is 35.2 Å². The SMILES string of the molecule is Cc1cccc([SiH2]CSc2ccc(C(C)(C)C)c(O)c2C(C)(C)C)c1C. The summed E-state index contributed by atoms with van der Waals surface area (Å²) in [5, 5.41) is 13.8. The lowest BCUT2D eigenvalue weighted by Crippen LogP contribution is -2.21. The largest absolute Gasteiger partial charge is 0.507 e. The van der Waals surface area contributed by atoms with E-state index in [1.165, 1.54) is 16.0 Å². The second kappa shape index (κ2) is 7.81. The number of aromatic hydroxyl groups is 1. The number of aryl methyl sites for hydroxylation is 1. The van der Waals surface area contributed by atoms with Gasteiger partial charge in [0.2, 0.25) is 0 Å². The van der Waals surface area contributed by atoms with Crippen LogP contribution in [0.2, 0.25) is 0 Å². The second-order valence-electron chi connectivity index (χ2n) is 9.29. The summed E-state index contributed by atoms with van der Waals surface area (Å²) in [4.78, 5) is 1.24. The van der Waals surface area contributed by atoms with E-state index in [9.17, 15) is 5.11 Å². The summed E-state index contributed by atoms with van der Waals surface area (Å²) in [6.45, 7) is 17.5. The van der Waals surface area contributed by atoms with E-state index in [-0.39, 0.29) is 20.3 Å². The standard InChI is InChI=1S/C23H34OSSi/c1-15-10-9-11-19(16(15)2)26-14-25-18-13-12-17(22(3,4)5)21(24)20(18)23(6,7)8/h9-13,24H,14,26H2,1-8H3. The van der Waals surface area contributed by atoms with E-state index in [0.717, 1.165) is 16.5 Å². The molecule has 0 amide bonds. The fourth-order valence-corrected chi connectivity index (χ4v) is 7.21. The fraction of sp³-hybridized carbons (Fsp3) is 0.478. The maximum absolute atomic E-state index is 11.0. The summed E-state index contributed by atoms with van der Waals surface area (Å²) in [5.74, 6) is 0.489. The summed E-state index contributed by atoms with van der Waals surface area (Å²) in [6.07, 6.45) is 0. The van der Waals surface area contributed by atoms with Gasteiger partial charge in [0, 0.05) is 10.5 Å². The van der Waals surface area contributed by atoms with Gasteiger partial charge in [-0.05, 0) is 52.8 Å². The molecule has 2 aromatic carbocycles. The molecule has 0 aliphatic rings. The molecule has 0 spiro atoms. The topological polar surface area (TPSA) is 20.2 Å². The lowest BCUT2D eigenvalue weighted by Gasteiger charge is -2.29. The van der Waals surface area contributed by atoms with Crippen LogP contribution in [0.4, 0.5) is 0 Å². The Labute approximate surface area is 166 Å². The molecule has 0 saturated heterocycles. The summed E-state index contributed by atoms with van der Waals surface area (Å²) < 4.78 is 0. The van der Waals surface area contributed by atoms with Crippen molar-refractivity contribution in [2.24, 2.45) is 0 Å². The van der Waals surface area contributed by atoms with Crippen LogP contribution in [0.5, 0.6) is 5.75 Å². The Balaban J connectivity index is 2.29. The van der Waals surface area contributed by atoms with Crippen molar-refractivity contribution in [3.8, 4) is 5.75 Å². The molecule has 0 aromatic heterocycles. The van der Waals surface area contributed by atoms with Gasteiger partial charge < -0.3 is 5.11 Å². The molecular formula is C23H34OSSi. The Bertz CT molecular complexity index is 782. The van der Waals surface area contributed by atoms with E-state index in [1.807, 2.05) is 11.8 Å².